The second-order valence-electron chi connectivity index (χ2n) is 4.08. The molecule has 1 amide bonds. The topological polar surface area (TPSA) is 57.6 Å². The zero-order valence-electron chi connectivity index (χ0n) is 9.10. The Kier molecular flexibility index (Phi) is 3.47. The van der Waals surface area contributed by atoms with Crippen molar-refractivity contribution in [3.63, 3.8) is 0 Å². The van der Waals surface area contributed by atoms with Gasteiger partial charge in [0.2, 0.25) is 5.91 Å². The van der Waals surface area contributed by atoms with Gasteiger partial charge in [-0.05, 0) is 17.7 Å². The number of alkyl halides is 1. The van der Waals surface area contributed by atoms with E-state index in [0.717, 1.165) is 5.56 Å². The number of nitrogens with zero attached hydrogens (tertiary/aromatic N) is 1. The smallest absolute Gasteiger partial charge is 0.335 e. The lowest BCUT2D eigenvalue weighted by Gasteiger charge is -2.15. The van der Waals surface area contributed by atoms with E-state index < -0.39 is 5.97 Å². The van der Waals surface area contributed by atoms with Gasteiger partial charge in [0, 0.05) is 24.3 Å². The number of hydrogen-bond donors (Lipinski definition) is 1. The molecule has 1 aromatic rings. The van der Waals surface area contributed by atoms with Crippen LogP contribution in [0.3, 0.4) is 0 Å². The molecule has 1 aliphatic rings. The second kappa shape index (κ2) is 4.87. The monoisotopic (exact) mass is 297 g/mol. The molecule has 1 atom stereocenters. The molecular formula is C12H12BrNO3. The number of rotatable bonds is 3. The predicted molar refractivity (Wildman–Crippen MR) is 66.2 cm³/mol. The predicted octanol–water partition coefficient (Wildman–Crippen LogP) is 1.88. The van der Waals surface area contributed by atoms with Gasteiger partial charge in [0.1, 0.15) is 0 Å². The number of likely N-dealkylation sites (tertiary alicyclic amines) is 1. The van der Waals surface area contributed by atoms with E-state index in [0.29, 0.717) is 19.5 Å². The first-order valence-corrected chi connectivity index (χ1v) is 6.22. The van der Waals surface area contributed by atoms with Crippen LogP contribution in [0.5, 0.6) is 0 Å². The maximum atomic E-state index is 11.6. The van der Waals surface area contributed by atoms with Gasteiger partial charge in [-0.3, -0.25) is 4.79 Å². The molecule has 0 bridgehead atoms. The highest BCUT2D eigenvalue weighted by atomic mass is 79.9. The van der Waals surface area contributed by atoms with Crippen LogP contribution in [-0.2, 0) is 11.3 Å². The van der Waals surface area contributed by atoms with E-state index >= 15 is 0 Å². The molecular weight excluding hydrogens is 286 g/mol. The van der Waals surface area contributed by atoms with Crippen LogP contribution in [0, 0.1) is 0 Å². The second-order valence-corrected chi connectivity index (χ2v) is 5.37. The van der Waals surface area contributed by atoms with Crippen molar-refractivity contribution in [1.29, 1.82) is 0 Å². The third-order valence-electron chi connectivity index (χ3n) is 2.74. The molecule has 0 aromatic heterocycles. The van der Waals surface area contributed by atoms with E-state index in [2.05, 4.69) is 15.9 Å². The average molecular weight is 298 g/mol. The van der Waals surface area contributed by atoms with Gasteiger partial charge in [0.05, 0.1) is 5.56 Å². The Labute approximate surface area is 107 Å². The summed E-state index contributed by atoms with van der Waals surface area (Å²) in [5.74, 6) is -0.802. The molecule has 2 rings (SSSR count). The number of hydrogen-bond acceptors (Lipinski definition) is 2. The van der Waals surface area contributed by atoms with Crippen molar-refractivity contribution in [3.8, 4) is 0 Å². The summed E-state index contributed by atoms with van der Waals surface area (Å²) >= 11 is 3.42. The fourth-order valence-electron chi connectivity index (χ4n) is 1.85. The van der Waals surface area contributed by atoms with Crippen molar-refractivity contribution in [3.05, 3.63) is 35.4 Å². The van der Waals surface area contributed by atoms with Crippen molar-refractivity contribution in [2.75, 3.05) is 6.54 Å². The SMILES string of the molecule is O=C(O)c1ccc(CN2CC(Br)CC2=O)cc1. The van der Waals surface area contributed by atoms with Gasteiger partial charge in [0.15, 0.2) is 0 Å². The Morgan fingerprint density at radius 2 is 2.06 bits per heavy atom. The van der Waals surface area contributed by atoms with Crippen LogP contribution in [0.4, 0.5) is 0 Å². The van der Waals surface area contributed by atoms with Crippen molar-refractivity contribution in [1.82, 2.24) is 4.90 Å². The summed E-state index contributed by atoms with van der Waals surface area (Å²) in [7, 11) is 0. The van der Waals surface area contributed by atoms with Crippen molar-refractivity contribution in [2.45, 2.75) is 17.8 Å². The zero-order chi connectivity index (χ0) is 12.4. The lowest BCUT2D eigenvalue weighted by atomic mass is 10.1. The third-order valence-corrected chi connectivity index (χ3v) is 3.35. The minimum absolute atomic E-state index is 0.134. The maximum Gasteiger partial charge on any atom is 0.335 e. The van der Waals surface area contributed by atoms with Gasteiger partial charge < -0.3 is 10.0 Å². The molecule has 1 N–H and O–H groups in total. The molecule has 1 unspecified atom stereocenters. The largest absolute Gasteiger partial charge is 0.478 e. The molecule has 0 radical (unpaired) electrons. The van der Waals surface area contributed by atoms with Crippen LogP contribution >= 0.6 is 15.9 Å². The van der Waals surface area contributed by atoms with Gasteiger partial charge in [-0.1, -0.05) is 28.1 Å². The Bertz CT molecular complexity index is 444. The molecule has 1 saturated heterocycles. The van der Waals surface area contributed by atoms with Crippen molar-refractivity contribution in [2.24, 2.45) is 0 Å². The summed E-state index contributed by atoms with van der Waals surface area (Å²) in [6.07, 6.45) is 0.535. The fourth-order valence-corrected chi connectivity index (χ4v) is 2.48. The van der Waals surface area contributed by atoms with Crippen LogP contribution < -0.4 is 0 Å². The van der Waals surface area contributed by atoms with E-state index in [-0.39, 0.29) is 16.3 Å². The summed E-state index contributed by atoms with van der Waals surface area (Å²) in [6.45, 7) is 1.25. The van der Waals surface area contributed by atoms with Crippen LogP contribution in [0.25, 0.3) is 0 Å². The quantitative estimate of drug-likeness (QED) is 0.867. The highest BCUT2D eigenvalue weighted by Gasteiger charge is 2.27. The van der Waals surface area contributed by atoms with Crippen molar-refractivity contribution < 1.29 is 14.7 Å². The number of carboxylic acids is 1. The molecule has 1 fully saturated rings. The first kappa shape index (κ1) is 12.1. The highest BCUT2D eigenvalue weighted by Crippen LogP contribution is 2.20. The molecule has 0 aliphatic carbocycles. The number of benzene rings is 1. The summed E-state index contributed by atoms with van der Waals surface area (Å²) in [6, 6.07) is 6.62. The molecule has 1 aromatic carbocycles. The van der Waals surface area contributed by atoms with Crippen LogP contribution in [0.15, 0.2) is 24.3 Å². The van der Waals surface area contributed by atoms with Gasteiger partial charge in [-0.25, -0.2) is 4.79 Å². The minimum atomic E-state index is -0.936. The maximum absolute atomic E-state index is 11.6. The van der Waals surface area contributed by atoms with Crippen LogP contribution in [-0.4, -0.2) is 33.3 Å². The normalized spacial score (nSPS) is 19.7. The summed E-state index contributed by atoms with van der Waals surface area (Å²) in [5, 5.41) is 8.77. The lowest BCUT2D eigenvalue weighted by Crippen LogP contribution is -2.24. The van der Waals surface area contributed by atoms with E-state index in [1.807, 2.05) is 0 Å². The Morgan fingerprint density at radius 3 is 2.53 bits per heavy atom. The fraction of sp³-hybridized carbons (Fsp3) is 0.333. The van der Waals surface area contributed by atoms with E-state index in [1.54, 1.807) is 29.2 Å². The number of halogens is 1. The molecule has 1 heterocycles. The number of carbonyl (C=O) groups is 2. The molecule has 4 nitrogen and oxygen atoms in total. The number of aromatic carboxylic acids is 1. The van der Waals surface area contributed by atoms with Gasteiger partial charge in [-0.2, -0.15) is 0 Å². The molecule has 0 saturated carbocycles. The van der Waals surface area contributed by atoms with Gasteiger partial charge in [0.25, 0.3) is 0 Å². The van der Waals surface area contributed by atoms with E-state index in [9.17, 15) is 9.59 Å². The van der Waals surface area contributed by atoms with E-state index in [1.165, 1.54) is 0 Å². The number of carboxylic acid groups (broad SMARTS) is 1. The Morgan fingerprint density at radius 1 is 1.41 bits per heavy atom. The summed E-state index contributed by atoms with van der Waals surface area (Å²) in [4.78, 5) is 24.3. The number of amides is 1. The summed E-state index contributed by atoms with van der Waals surface area (Å²) < 4.78 is 0. The molecule has 5 heteroatoms. The molecule has 1 aliphatic heterocycles. The Balaban J connectivity index is 2.04. The number of carbonyl (C=O) groups excluding carboxylic acids is 1. The van der Waals surface area contributed by atoms with E-state index in [4.69, 9.17) is 5.11 Å². The Hall–Kier alpha value is -1.36. The average Bonchev–Trinajstić information content (AvgIpc) is 2.58. The summed E-state index contributed by atoms with van der Waals surface area (Å²) in [5.41, 5.74) is 1.21. The highest BCUT2D eigenvalue weighted by molar-refractivity contribution is 9.09. The van der Waals surface area contributed by atoms with Gasteiger partial charge >= 0.3 is 5.97 Å². The van der Waals surface area contributed by atoms with Gasteiger partial charge in [-0.15, -0.1) is 0 Å². The zero-order valence-corrected chi connectivity index (χ0v) is 10.7. The first-order valence-electron chi connectivity index (χ1n) is 5.30. The molecule has 90 valence electrons. The van der Waals surface area contributed by atoms with Crippen LogP contribution in [0.1, 0.15) is 22.3 Å². The lowest BCUT2D eigenvalue weighted by molar-refractivity contribution is -0.128. The standard InChI is InChI=1S/C12H12BrNO3/c13-10-5-11(15)14(7-10)6-8-1-3-9(4-2-8)12(16)17/h1-4,10H,5-7H2,(H,16,17). The molecule has 0 spiro atoms. The first-order chi connectivity index (χ1) is 8.06. The molecule has 17 heavy (non-hydrogen) atoms. The van der Waals surface area contributed by atoms with Crippen molar-refractivity contribution >= 4 is 27.8 Å². The minimum Gasteiger partial charge on any atom is -0.478 e. The third kappa shape index (κ3) is 2.85. The van der Waals surface area contributed by atoms with Crippen LogP contribution in [0.2, 0.25) is 0 Å².